The summed E-state index contributed by atoms with van der Waals surface area (Å²) in [5, 5.41) is 0. The summed E-state index contributed by atoms with van der Waals surface area (Å²) in [5.41, 5.74) is 2.69. The van der Waals surface area contributed by atoms with Gasteiger partial charge in [0.25, 0.3) is 0 Å². The van der Waals surface area contributed by atoms with E-state index < -0.39 is 0 Å². The van der Waals surface area contributed by atoms with Crippen LogP contribution >= 0.6 is 0 Å². The first kappa shape index (κ1) is 17.0. The van der Waals surface area contributed by atoms with Crippen LogP contribution < -0.4 is 0 Å². The molecule has 2 saturated heterocycles. The van der Waals surface area contributed by atoms with Crippen molar-refractivity contribution in [2.45, 2.75) is 44.4 Å². The Kier molecular flexibility index (Phi) is 5.34. The van der Waals surface area contributed by atoms with E-state index >= 15 is 0 Å². The topological polar surface area (TPSA) is 42.0 Å². The van der Waals surface area contributed by atoms with Crippen LogP contribution in [0.1, 0.15) is 30.4 Å². The number of morpholine rings is 1. The highest BCUT2D eigenvalue weighted by atomic mass is 16.5. The molecule has 5 nitrogen and oxygen atoms in total. The summed E-state index contributed by atoms with van der Waals surface area (Å²) in [7, 11) is 0. The van der Waals surface area contributed by atoms with Crippen LogP contribution in [0.5, 0.6) is 0 Å². The van der Waals surface area contributed by atoms with Crippen LogP contribution in [-0.2, 0) is 27.2 Å². The lowest BCUT2D eigenvalue weighted by Crippen LogP contribution is -2.48. The fourth-order valence-electron chi connectivity index (χ4n) is 4.18. The smallest absolute Gasteiger partial charge is 0.224 e. The summed E-state index contributed by atoms with van der Waals surface area (Å²) in [6, 6.07) is 8.46. The van der Waals surface area contributed by atoms with Gasteiger partial charge in [-0.3, -0.25) is 9.69 Å². The van der Waals surface area contributed by atoms with Gasteiger partial charge in [0, 0.05) is 45.8 Å². The van der Waals surface area contributed by atoms with E-state index in [9.17, 15) is 4.79 Å². The van der Waals surface area contributed by atoms with Crippen LogP contribution in [0.2, 0.25) is 0 Å². The first-order chi connectivity index (χ1) is 12.3. The van der Waals surface area contributed by atoms with Gasteiger partial charge in [0.1, 0.15) is 0 Å². The molecule has 3 aliphatic heterocycles. The Balaban J connectivity index is 1.26. The summed E-state index contributed by atoms with van der Waals surface area (Å²) < 4.78 is 11.7. The van der Waals surface area contributed by atoms with E-state index in [-0.39, 0.29) is 18.1 Å². The van der Waals surface area contributed by atoms with Crippen molar-refractivity contribution >= 4 is 5.91 Å². The maximum Gasteiger partial charge on any atom is 0.224 e. The van der Waals surface area contributed by atoms with Crippen LogP contribution in [0.15, 0.2) is 24.3 Å². The van der Waals surface area contributed by atoms with E-state index in [0.29, 0.717) is 6.42 Å². The van der Waals surface area contributed by atoms with Crippen molar-refractivity contribution in [3.8, 4) is 0 Å². The number of rotatable bonds is 4. The van der Waals surface area contributed by atoms with E-state index in [1.807, 2.05) is 4.90 Å². The molecule has 1 aromatic carbocycles. The van der Waals surface area contributed by atoms with Crippen LogP contribution in [0.25, 0.3) is 0 Å². The van der Waals surface area contributed by atoms with Gasteiger partial charge in [-0.1, -0.05) is 24.3 Å². The second kappa shape index (κ2) is 7.85. The number of benzene rings is 1. The minimum Gasteiger partial charge on any atom is -0.375 e. The highest BCUT2D eigenvalue weighted by molar-refractivity contribution is 5.76. The van der Waals surface area contributed by atoms with E-state index in [2.05, 4.69) is 29.2 Å². The monoisotopic (exact) mass is 344 g/mol. The summed E-state index contributed by atoms with van der Waals surface area (Å²) >= 11 is 0. The molecule has 0 aromatic heterocycles. The normalized spacial score (nSPS) is 27.3. The lowest BCUT2D eigenvalue weighted by molar-refractivity contribution is -0.133. The number of hydrogen-bond donors (Lipinski definition) is 0. The van der Waals surface area contributed by atoms with Gasteiger partial charge in [-0.15, -0.1) is 0 Å². The Morgan fingerprint density at radius 2 is 1.92 bits per heavy atom. The Bertz CT molecular complexity index is 600. The van der Waals surface area contributed by atoms with Crippen molar-refractivity contribution in [1.82, 2.24) is 9.80 Å². The standard InChI is InChI=1S/C20H28N2O3/c23-20(22-10-7-16-4-1-2-5-17(16)14-22)8-9-21-11-13-25-19(15-21)18-6-3-12-24-18/h1-2,4-5,18-19H,3,6-15H2. The zero-order valence-electron chi connectivity index (χ0n) is 14.9. The van der Waals surface area contributed by atoms with Gasteiger partial charge in [-0.25, -0.2) is 0 Å². The minimum atomic E-state index is 0.174. The molecule has 2 unspecified atom stereocenters. The zero-order valence-corrected chi connectivity index (χ0v) is 14.9. The molecule has 1 aromatic rings. The quantitative estimate of drug-likeness (QED) is 0.836. The molecular weight excluding hydrogens is 316 g/mol. The van der Waals surface area contributed by atoms with Gasteiger partial charge in [0.15, 0.2) is 0 Å². The van der Waals surface area contributed by atoms with Crippen molar-refractivity contribution in [2.75, 3.05) is 39.4 Å². The lowest BCUT2D eigenvalue weighted by atomic mass is 10.00. The highest BCUT2D eigenvalue weighted by Gasteiger charge is 2.31. The molecule has 25 heavy (non-hydrogen) atoms. The first-order valence-corrected chi connectivity index (χ1v) is 9.60. The molecule has 0 aliphatic carbocycles. The zero-order chi connectivity index (χ0) is 17.1. The Morgan fingerprint density at radius 3 is 2.76 bits per heavy atom. The number of ether oxygens (including phenoxy) is 2. The van der Waals surface area contributed by atoms with Crippen LogP contribution in [-0.4, -0.2) is 67.3 Å². The average molecular weight is 344 g/mol. The molecule has 0 radical (unpaired) electrons. The third kappa shape index (κ3) is 4.05. The fourth-order valence-corrected chi connectivity index (χ4v) is 4.18. The lowest BCUT2D eigenvalue weighted by Gasteiger charge is -2.36. The molecule has 136 valence electrons. The molecule has 0 saturated carbocycles. The summed E-state index contributed by atoms with van der Waals surface area (Å²) in [6.45, 7) is 5.84. The maximum atomic E-state index is 12.6. The van der Waals surface area contributed by atoms with E-state index in [1.54, 1.807) is 0 Å². The van der Waals surface area contributed by atoms with Gasteiger partial charge < -0.3 is 14.4 Å². The van der Waals surface area contributed by atoms with Crippen molar-refractivity contribution in [3.63, 3.8) is 0 Å². The predicted octanol–water partition coefficient (Wildman–Crippen LogP) is 1.84. The molecule has 1 amide bonds. The number of hydrogen-bond acceptors (Lipinski definition) is 4. The van der Waals surface area contributed by atoms with Gasteiger partial charge in [-0.05, 0) is 30.4 Å². The van der Waals surface area contributed by atoms with Crippen molar-refractivity contribution in [2.24, 2.45) is 0 Å². The van der Waals surface area contributed by atoms with Crippen molar-refractivity contribution in [3.05, 3.63) is 35.4 Å². The van der Waals surface area contributed by atoms with Gasteiger partial charge in [0.2, 0.25) is 5.91 Å². The van der Waals surface area contributed by atoms with Gasteiger partial charge >= 0.3 is 0 Å². The van der Waals surface area contributed by atoms with Crippen LogP contribution in [0.4, 0.5) is 0 Å². The Hall–Kier alpha value is -1.43. The Labute approximate surface area is 149 Å². The van der Waals surface area contributed by atoms with Crippen LogP contribution in [0, 0.1) is 0 Å². The van der Waals surface area contributed by atoms with E-state index in [4.69, 9.17) is 9.47 Å². The number of nitrogens with zero attached hydrogens (tertiary/aromatic N) is 2. The molecule has 2 fully saturated rings. The highest BCUT2D eigenvalue weighted by Crippen LogP contribution is 2.22. The summed E-state index contributed by atoms with van der Waals surface area (Å²) in [5.74, 6) is 0.273. The molecule has 0 spiro atoms. The molecular formula is C20H28N2O3. The maximum absolute atomic E-state index is 12.6. The minimum absolute atomic E-state index is 0.174. The van der Waals surface area contributed by atoms with E-state index in [1.165, 1.54) is 11.1 Å². The molecule has 4 rings (SSSR count). The summed E-state index contributed by atoms with van der Waals surface area (Å²) in [6.07, 6.45) is 4.23. The largest absolute Gasteiger partial charge is 0.375 e. The van der Waals surface area contributed by atoms with Gasteiger partial charge in [-0.2, -0.15) is 0 Å². The molecule has 5 heteroatoms. The number of fused-ring (bicyclic) bond motifs is 1. The number of carbonyl (C=O) groups is 1. The molecule has 2 atom stereocenters. The van der Waals surface area contributed by atoms with Gasteiger partial charge in [0.05, 0.1) is 18.8 Å². The van der Waals surface area contributed by atoms with Crippen molar-refractivity contribution in [1.29, 1.82) is 0 Å². The van der Waals surface area contributed by atoms with E-state index in [0.717, 1.165) is 65.2 Å². The number of carbonyl (C=O) groups excluding carboxylic acids is 1. The second-order valence-electron chi connectivity index (χ2n) is 7.35. The number of amides is 1. The third-order valence-corrected chi connectivity index (χ3v) is 5.68. The molecule has 3 heterocycles. The van der Waals surface area contributed by atoms with Crippen LogP contribution in [0.3, 0.4) is 0 Å². The first-order valence-electron chi connectivity index (χ1n) is 9.60. The Morgan fingerprint density at radius 1 is 1.08 bits per heavy atom. The molecule has 0 N–H and O–H groups in total. The second-order valence-corrected chi connectivity index (χ2v) is 7.35. The third-order valence-electron chi connectivity index (χ3n) is 5.68. The van der Waals surface area contributed by atoms with Crippen molar-refractivity contribution < 1.29 is 14.3 Å². The predicted molar refractivity (Wildman–Crippen MR) is 95.3 cm³/mol. The SMILES string of the molecule is O=C(CCN1CCOC(C2CCCO2)C1)N1CCc2ccccc2C1. The average Bonchev–Trinajstić information content (AvgIpc) is 3.21. The summed E-state index contributed by atoms with van der Waals surface area (Å²) in [4.78, 5) is 17.0. The fraction of sp³-hybridized carbons (Fsp3) is 0.650. The molecule has 0 bridgehead atoms. The molecule has 3 aliphatic rings.